The molecule has 2 aromatic rings. The summed E-state index contributed by atoms with van der Waals surface area (Å²) in [5.74, 6) is 0.636. The topological polar surface area (TPSA) is 51.2 Å². The Hall–Kier alpha value is -2.10. The zero-order chi connectivity index (χ0) is 13.1. The molecule has 1 aromatic carbocycles. The van der Waals surface area contributed by atoms with Gasteiger partial charge in [-0.1, -0.05) is 13.8 Å². The highest BCUT2D eigenvalue weighted by Crippen LogP contribution is 2.29. The van der Waals surface area contributed by atoms with Crippen LogP contribution in [-0.2, 0) is 4.79 Å². The van der Waals surface area contributed by atoms with Crippen LogP contribution in [0.2, 0.25) is 0 Å². The Balaban J connectivity index is 2.49. The van der Waals surface area contributed by atoms with Gasteiger partial charge >= 0.3 is 0 Å². The van der Waals surface area contributed by atoms with Gasteiger partial charge in [-0.2, -0.15) is 0 Å². The zero-order valence-electron chi connectivity index (χ0n) is 10.7. The predicted octanol–water partition coefficient (Wildman–Crippen LogP) is 2.84. The fourth-order valence-corrected chi connectivity index (χ4v) is 1.70. The lowest BCUT2D eigenvalue weighted by Gasteiger charge is -2.12. The van der Waals surface area contributed by atoms with Gasteiger partial charge in [-0.3, -0.25) is 9.78 Å². The Morgan fingerprint density at radius 1 is 1.33 bits per heavy atom. The smallest absolute Gasteiger partial charge is 0.226 e. The molecule has 4 heteroatoms. The van der Waals surface area contributed by atoms with E-state index in [2.05, 4.69) is 10.3 Å². The van der Waals surface area contributed by atoms with Crippen molar-refractivity contribution in [3.8, 4) is 5.75 Å². The molecule has 0 bridgehead atoms. The number of carbonyl (C=O) groups is 1. The van der Waals surface area contributed by atoms with Crippen LogP contribution in [-0.4, -0.2) is 18.0 Å². The average molecular weight is 244 g/mol. The van der Waals surface area contributed by atoms with E-state index in [0.29, 0.717) is 5.75 Å². The highest BCUT2D eigenvalue weighted by molar-refractivity contribution is 6.03. The van der Waals surface area contributed by atoms with Gasteiger partial charge in [-0.05, 0) is 24.3 Å². The standard InChI is InChI=1S/C14H16N2O2/c1-9(2)14(17)16-11-6-7-12(18-3)13-10(11)5-4-8-15-13/h4-9H,1-3H3,(H,16,17). The first-order chi connectivity index (χ1) is 8.63. The predicted molar refractivity (Wildman–Crippen MR) is 71.8 cm³/mol. The molecule has 0 aliphatic carbocycles. The van der Waals surface area contributed by atoms with Gasteiger partial charge in [0.1, 0.15) is 11.3 Å². The van der Waals surface area contributed by atoms with E-state index in [-0.39, 0.29) is 11.8 Å². The molecular weight excluding hydrogens is 228 g/mol. The zero-order valence-corrected chi connectivity index (χ0v) is 10.7. The third kappa shape index (κ3) is 2.27. The lowest BCUT2D eigenvalue weighted by molar-refractivity contribution is -0.118. The lowest BCUT2D eigenvalue weighted by atomic mass is 10.1. The number of methoxy groups -OCH3 is 1. The molecular formula is C14H16N2O2. The number of nitrogens with zero attached hydrogens (tertiary/aromatic N) is 1. The van der Waals surface area contributed by atoms with E-state index < -0.39 is 0 Å². The minimum Gasteiger partial charge on any atom is -0.494 e. The number of rotatable bonds is 3. The minimum absolute atomic E-state index is 0.00896. The van der Waals surface area contributed by atoms with Gasteiger partial charge in [0.05, 0.1) is 12.8 Å². The maximum atomic E-state index is 11.7. The Bertz CT molecular complexity index is 579. The molecule has 0 saturated heterocycles. The van der Waals surface area contributed by atoms with Crippen molar-refractivity contribution < 1.29 is 9.53 Å². The molecule has 0 spiro atoms. The normalized spacial score (nSPS) is 10.7. The third-order valence-corrected chi connectivity index (χ3v) is 2.73. The molecule has 0 radical (unpaired) electrons. The molecule has 0 atom stereocenters. The first-order valence-corrected chi connectivity index (χ1v) is 5.86. The van der Waals surface area contributed by atoms with Gasteiger partial charge in [-0.25, -0.2) is 0 Å². The second kappa shape index (κ2) is 5.04. The van der Waals surface area contributed by atoms with Crippen molar-refractivity contribution in [3.63, 3.8) is 0 Å². The van der Waals surface area contributed by atoms with Crippen LogP contribution in [0.1, 0.15) is 13.8 Å². The molecule has 18 heavy (non-hydrogen) atoms. The van der Waals surface area contributed by atoms with Gasteiger partial charge in [0.2, 0.25) is 5.91 Å². The number of hydrogen-bond acceptors (Lipinski definition) is 3. The van der Waals surface area contributed by atoms with Gasteiger partial charge in [0.15, 0.2) is 0 Å². The largest absolute Gasteiger partial charge is 0.494 e. The van der Waals surface area contributed by atoms with E-state index in [1.54, 1.807) is 13.3 Å². The van der Waals surface area contributed by atoms with Gasteiger partial charge in [0.25, 0.3) is 0 Å². The highest BCUT2D eigenvalue weighted by atomic mass is 16.5. The summed E-state index contributed by atoms with van der Waals surface area (Å²) >= 11 is 0. The number of aromatic nitrogens is 1. The lowest BCUT2D eigenvalue weighted by Crippen LogP contribution is -2.17. The number of nitrogens with one attached hydrogen (secondary N) is 1. The van der Waals surface area contributed by atoms with Crippen molar-refractivity contribution in [2.45, 2.75) is 13.8 Å². The van der Waals surface area contributed by atoms with Crippen LogP contribution in [0.4, 0.5) is 5.69 Å². The van der Waals surface area contributed by atoms with Gasteiger partial charge < -0.3 is 10.1 Å². The summed E-state index contributed by atoms with van der Waals surface area (Å²) in [7, 11) is 1.61. The molecule has 4 nitrogen and oxygen atoms in total. The second-order valence-corrected chi connectivity index (χ2v) is 4.36. The number of hydrogen-bond donors (Lipinski definition) is 1. The fourth-order valence-electron chi connectivity index (χ4n) is 1.70. The van der Waals surface area contributed by atoms with E-state index in [1.165, 1.54) is 0 Å². The van der Waals surface area contributed by atoms with Crippen LogP contribution in [0.3, 0.4) is 0 Å². The number of ether oxygens (including phenoxy) is 1. The summed E-state index contributed by atoms with van der Waals surface area (Å²) in [6.45, 7) is 3.72. The Morgan fingerprint density at radius 2 is 2.11 bits per heavy atom. The second-order valence-electron chi connectivity index (χ2n) is 4.36. The first-order valence-electron chi connectivity index (χ1n) is 5.86. The number of pyridine rings is 1. The van der Waals surface area contributed by atoms with Gasteiger partial charge in [0, 0.05) is 17.5 Å². The maximum absolute atomic E-state index is 11.7. The summed E-state index contributed by atoms with van der Waals surface area (Å²) in [5.41, 5.74) is 1.51. The Morgan fingerprint density at radius 3 is 2.78 bits per heavy atom. The number of carbonyl (C=O) groups excluding carboxylic acids is 1. The molecule has 2 rings (SSSR count). The minimum atomic E-state index is -0.0566. The molecule has 1 amide bonds. The molecule has 0 aliphatic heterocycles. The summed E-state index contributed by atoms with van der Waals surface area (Å²) in [5, 5.41) is 3.78. The van der Waals surface area contributed by atoms with Crippen LogP contribution in [0, 0.1) is 5.92 Å². The molecule has 1 heterocycles. The highest BCUT2D eigenvalue weighted by Gasteiger charge is 2.11. The van der Waals surface area contributed by atoms with Crippen LogP contribution in [0.25, 0.3) is 10.9 Å². The number of anilines is 1. The van der Waals surface area contributed by atoms with Crippen molar-refractivity contribution in [2.24, 2.45) is 5.92 Å². The van der Waals surface area contributed by atoms with E-state index in [1.807, 2.05) is 38.1 Å². The van der Waals surface area contributed by atoms with E-state index in [0.717, 1.165) is 16.6 Å². The third-order valence-electron chi connectivity index (χ3n) is 2.73. The van der Waals surface area contributed by atoms with Gasteiger partial charge in [-0.15, -0.1) is 0 Å². The van der Waals surface area contributed by atoms with Crippen LogP contribution >= 0.6 is 0 Å². The molecule has 1 aromatic heterocycles. The Labute approximate surface area is 106 Å². The quantitative estimate of drug-likeness (QED) is 0.903. The number of benzene rings is 1. The van der Waals surface area contributed by atoms with E-state index in [9.17, 15) is 4.79 Å². The van der Waals surface area contributed by atoms with Crippen LogP contribution < -0.4 is 10.1 Å². The van der Waals surface area contributed by atoms with Crippen molar-refractivity contribution in [3.05, 3.63) is 30.5 Å². The monoisotopic (exact) mass is 244 g/mol. The van der Waals surface area contributed by atoms with Crippen molar-refractivity contribution >= 4 is 22.5 Å². The summed E-state index contributed by atoms with van der Waals surface area (Å²) in [6, 6.07) is 7.40. The maximum Gasteiger partial charge on any atom is 0.226 e. The van der Waals surface area contributed by atoms with Crippen LogP contribution in [0.5, 0.6) is 5.75 Å². The molecule has 94 valence electrons. The average Bonchev–Trinajstić information content (AvgIpc) is 2.39. The molecule has 0 saturated carbocycles. The molecule has 0 aliphatic rings. The summed E-state index contributed by atoms with van der Waals surface area (Å²) in [4.78, 5) is 16.0. The Kier molecular flexibility index (Phi) is 3.46. The van der Waals surface area contributed by atoms with Crippen molar-refractivity contribution in [2.75, 3.05) is 12.4 Å². The molecule has 0 unspecified atom stereocenters. The number of fused-ring (bicyclic) bond motifs is 1. The van der Waals surface area contributed by atoms with Crippen molar-refractivity contribution in [1.82, 2.24) is 4.98 Å². The summed E-state index contributed by atoms with van der Waals surface area (Å²) < 4.78 is 5.26. The molecule has 0 fully saturated rings. The summed E-state index contributed by atoms with van der Waals surface area (Å²) in [6.07, 6.45) is 1.71. The number of amides is 1. The SMILES string of the molecule is COc1ccc(NC(=O)C(C)C)c2cccnc12. The first kappa shape index (κ1) is 12.4. The molecule has 1 N–H and O–H groups in total. The van der Waals surface area contributed by atoms with E-state index >= 15 is 0 Å². The van der Waals surface area contributed by atoms with E-state index in [4.69, 9.17) is 4.74 Å². The van der Waals surface area contributed by atoms with Crippen LogP contribution in [0.15, 0.2) is 30.5 Å². The van der Waals surface area contributed by atoms with Crippen molar-refractivity contribution in [1.29, 1.82) is 0 Å². The fraction of sp³-hybridized carbons (Fsp3) is 0.286.